The third kappa shape index (κ3) is 10.1. The number of H-pyrrole nitrogens is 1. The number of phenols is 1. The van der Waals surface area contributed by atoms with Crippen molar-refractivity contribution in [1.29, 1.82) is 0 Å². The molecular formula is C35H42N6O6. The number of carbonyl (C=O) groups excluding carboxylic acids is 3. The number of carbonyl (C=O) groups is 4. The fourth-order valence-electron chi connectivity index (χ4n) is 5.32. The highest BCUT2D eigenvalue weighted by atomic mass is 16.4. The van der Waals surface area contributed by atoms with Crippen LogP contribution in [0, 0.1) is 0 Å². The van der Waals surface area contributed by atoms with Crippen molar-refractivity contribution in [2.45, 2.75) is 62.7 Å². The summed E-state index contributed by atoms with van der Waals surface area (Å²) in [7, 11) is 0. The lowest BCUT2D eigenvalue weighted by molar-refractivity contribution is -0.142. The lowest BCUT2D eigenvalue weighted by Crippen LogP contribution is -2.58. The second-order valence-electron chi connectivity index (χ2n) is 11.5. The number of rotatable bonds is 17. The summed E-state index contributed by atoms with van der Waals surface area (Å²) in [5, 5.41) is 28.7. The van der Waals surface area contributed by atoms with E-state index in [2.05, 4.69) is 20.9 Å². The molecule has 0 aliphatic rings. The minimum Gasteiger partial charge on any atom is -0.508 e. The summed E-state index contributed by atoms with van der Waals surface area (Å²) >= 11 is 0. The van der Waals surface area contributed by atoms with Gasteiger partial charge in [-0.2, -0.15) is 0 Å². The number of hydrogen-bond donors (Lipinski definition) is 8. The molecule has 10 N–H and O–H groups in total. The Morgan fingerprint density at radius 3 is 1.91 bits per heavy atom. The number of benzene rings is 3. The molecule has 4 rings (SSSR count). The summed E-state index contributed by atoms with van der Waals surface area (Å²) in [4.78, 5) is 56.0. The Morgan fingerprint density at radius 2 is 1.28 bits per heavy atom. The van der Waals surface area contributed by atoms with E-state index >= 15 is 0 Å². The molecule has 0 radical (unpaired) electrons. The smallest absolute Gasteiger partial charge is 0.326 e. The predicted octanol–water partition coefficient (Wildman–Crippen LogP) is 1.90. The monoisotopic (exact) mass is 642 g/mol. The molecule has 0 saturated carbocycles. The first kappa shape index (κ1) is 34.7. The quantitative estimate of drug-likeness (QED) is 0.0795. The molecule has 0 unspecified atom stereocenters. The zero-order valence-corrected chi connectivity index (χ0v) is 26.0. The Kier molecular flexibility index (Phi) is 12.5. The molecule has 12 heteroatoms. The van der Waals surface area contributed by atoms with Crippen molar-refractivity contribution in [2.75, 3.05) is 6.54 Å². The van der Waals surface area contributed by atoms with Crippen molar-refractivity contribution in [1.82, 2.24) is 20.9 Å². The fraction of sp³-hybridized carbons (Fsp3) is 0.314. The van der Waals surface area contributed by atoms with Crippen molar-refractivity contribution in [2.24, 2.45) is 11.5 Å². The highest BCUT2D eigenvalue weighted by Crippen LogP contribution is 2.19. The number of nitrogens with one attached hydrogen (secondary N) is 4. The van der Waals surface area contributed by atoms with Gasteiger partial charge < -0.3 is 42.6 Å². The number of nitrogens with two attached hydrogens (primary N) is 2. The van der Waals surface area contributed by atoms with E-state index in [0.717, 1.165) is 16.5 Å². The van der Waals surface area contributed by atoms with Gasteiger partial charge in [-0.05, 0) is 54.3 Å². The lowest BCUT2D eigenvalue weighted by atomic mass is 10.0. The molecule has 0 spiro atoms. The van der Waals surface area contributed by atoms with Crippen LogP contribution in [-0.2, 0) is 38.4 Å². The zero-order valence-electron chi connectivity index (χ0n) is 26.0. The topological polar surface area (TPSA) is 213 Å². The second-order valence-corrected chi connectivity index (χ2v) is 11.5. The van der Waals surface area contributed by atoms with Gasteiger partial charge in [-0.1, -0.05) is 67.1 Å². The van der Waals surface area contributed by atoms with Gasteiger partial charge >= 0.3 is 5.97 Å². The van der Waals surface area contributed by atoms with Crippen molar-refractivity contribution >= 4 is 34.6 Å². The lowest BCUT2D eigenvalue weighted by Gasteiger charge is -2.25. The van der Waals surface area contributed by atoms with Gasteiger partial charge in [0.15, 0.2) is 0 Å². The Labute approximate surface area is 272 Å². The maximum atomic E-state index is 13.8. The first-order chi connectivity index (χ1) is 22.6. The van der Waals surface area contributed by atoms with Crippen LogP contribution in [0.3, 0.4) is 0 Å². The van der Waals surface area contributed by atoms with E-state index in [0.29, 0.717) is 36.9 Å². The van der Waals surface area contributed by atoms with E-state index in [9.17, 15) is 29.4 Å². The van der Waals surface area contributed by atoms with Crippen LogP contribution in [0.25, 0.3) is 10.9 Å². The zero-order chi connectivity index (χ0) is 33.8. The maximum absolute atomic E-state index is 13.8. The average molecular weight is 643 g/mol. The minimum atomic E-state index is -1.30. The van der Waals surface area contributed by atoms with E-state index < -0.39 is 47.9 Å². The van der Waals surface area contributed by atoms with Gasteiger partial charge in [0.1, 0.15) is 23.9 Å². The Bertz CT molecular complexity index is 1640. The van der Waals surface area contributed by atoms with Gasteiger partial charge in [0.25, 0.3) is 0 Å². The number of aromatic amines is 1. The molecule has 0 aliphatic heterocycles. The van der Waals surface area contributed by atoms with E-state index in [1.54, 1.807) is 18.3 Å². The van der Waals surface area contributed by atoms with Crippen LogP contribution in [0.1, 0.15) is 36.0 Å². The molecule has 12 nitrogen and oxygen atoms in total. The van der Waals surface area contributed by atoms with Crippen LogP contribution >= 0.6 is 0 Å². The largest absolute Gasteiger partial charge is 0.508 e. The molecule has 47 heavy (non-hydrogen) atoms. The Hall–Kier alpha value is -5.20. The molecule has 0 fully saturated rings. The number of amides is 3. The highest BCUT2D eigenvalue weighted by molar-refractivity contribution is 5.94. The summed E-state index contributed by atoms with van der Waals surface area (Å²) in [6.07, 6.45) is 3.57. The Balaban J connectivity index is 1.56. The van der Waals surface area contributed by atoms with Gasteiger partial charge in [-0.3, -0.25) is 14.4 Å². The maximum Gasteiger partial charge on any atom is 0.326 e. The van der Waals surface area contributed by atoms with Crippen LogP contribution in [0.2, 0.25) is 0 Å². The summed E-state index contributed by atoms with van der Waals surface area (Å²) in [5.74, 6) is -3.09. The number of carboxylic acids is 1. The first-order valence-electron chi connectivity index (χ1n) is 15.6. The number of para-hydroxylation sites is 1. The van der Waals surface area contributed by atoms with Crippen LogP contribution in [-0.4, -0.2) is 69.6 Å². The summed E-state index contributed by atoms with van der Waals surface area (Å²) in [6, 6.07) is 18.2. The number of fused-ring (bicyclic) bond motifs is 1. The molecule has 248 valence electrons. The molecule has 3 amide bonds. The summed E-state index contributed by atoms with van der Waals surface area (Å²) in [5.41, 5.74) is 14.6. The van der Waals surface area contributed by atoms with Gasteiger partial charge in [0, 0.05) is 36.4 Å². The van der Waals surface area contributed by atoms with E-state index in [1.165, 1.54) is 12.1 Å². The van der Waals surface area contributed by atoms with Crippen molar-refractivity contribution in [3.05, 3.63) is 102 Å². The van der Waals surface area contributed by atoms with Crippen LogP contribution < -0.4 is 27.4 Å². The number of phenolic OH excluding ortho intramolecular Hbond substituents is 1. The number of carboxylic acid groups (broad SMARTS) is 1. The Morgan fingerprint density at radius 1 is 0.702 bits per heavy atom. The van der Waals surface area contributed by atoms with Crippen molar-refractivity contribution in [3.8, 4) is 5.75 Å². The molecular weight excluding hydrogens is 600 g/mol. The predicted molar refractivity (Wildman–Crippen MR) is 178 cm³/mol. The number of aromatic nitrogens is 1. The number of aliphatic carboxylic acids is 1. The molecule has 0 saturated heterocycles. The third-order valence-corrected chi connectivity index (χ3v) is 7.94. The van der Waals surface area contributed by atoms with E-state index in [4.69, 9.17) is 11.5 Å². The fourth-order valence-corrected chi connectivity index (χ4v) is 5.32. The third-order valence-electron chi connectivity index (χ3n) is 7.94. The SMILES string of the molecule is NCCCC[C@H](N)C(=O)N[C@@H](Cc1ccccc1)C(=O)N[C@@H](Cc1ccc(O)cc1)C(=O)N[C@@H](Cc1c[nH]c2ccccc12)C(=O)O. The van der Waals surface area contributed by atoms with Gasteiger partial charge in [-0.25, -0.2) is 4.79 Å². The number of aromatic hydroxyl groups is 1. The minimum absolute atomic E-state index is 0.000301. The van der Waals surface area contributed by atoms with Crippen molar-refractivity contribution < 1.29 is 29.4 Å². The van der Waals surface area contributed by atoms with E-state index in [-0.39, 0.29) is 25.0 Å². The first-order valence-corrected chi connectivity index (χ1v) is 15.6. The second kappa shape index (κ2) is 16.9. The van der Waals surface area contributed by atoms with Gasteiger partial charge in [0.05, 0.1) is 6.04 Å². The normalized spacial score (nSPS) is 13.7. The highest BCUT2D eigenvalue weighted by Gasteiger charge is 2.31. The van der Waals surface area contributed by atoms with Crippen LogP contribution in [0.15, 0.2) is 85.1 Å². The number of hydrogen-bond acceptors (Lipinski definition) is 7. The summed E-state index contributed by atoms with van der Waals surface area (Å²) in [6.45, 7) is 0.475. The molecule has 3 aromatic carbocycles. The standard InChI is InChI=1S/C35H42N6O6/c36-17-7-6-11-27(37)32(43)39-29(18-22-8-2-1-3-9-22)33(44)40-30(19-23-13-15-25(42)16-14-23)34(45)41-31(35(46)47)20-24-21-38-28-12-5-4-10-26(24)28/h1-5,8-10,12-16,21,27,29-31,38,42H,6-7,11,17-20,36-37H2,(H,39,43)(H,40,44)(H,41,45)(H,46,47)/t27-,29-,30-,31-/m0/s1. The molecule has 1 aromatic heterocycles. The molecule has 4 atom stereocenters. The van der Waals surface area contributed by atoms with E-state index in [1.807, 2.05) is 54.6 Å². The molecule has 1 heterocycles. The average Bonchev–Trinajstić information content (AvgIpc) is 3.47. The van der Waals surface area contributed by atoms with Crippen LogP contribution in [0.5, 0.6) is 5.75 Å². The number of unbranched alkanes of at least 4 members (excludes halogenated alkanes) is 1. The van der Waals surface area contributed by atoms with Crippen LogP contribution in [0.4, 0.5) is 0 Å². The van der Waals surface area contributed by atoms with Crippen molar-refractivity contribution in [3.63, 3.8) is 0 Å². The van der Waals surface area contributed by atoms with Gasteiger partial charge in [0.2, 0.25) is 17.7 Å². The molecule has 0 aliphatic carbocycles. The molecule has 0 bridgehead atoms. The molecule has 4 aromatic rings. The summed E-state index contributed by atoms with van der Waals surface area (Å²) < 4.78 is 0. The van der Waals surface area contributed by atoms with Gasteiger partial charge in [-0.15, -0.1) is 0 Å².